The highest BCUT2D eigenvalue weighted by Crippen LogP contribution is 2.50. The maximum Gasteiger partial charge on any atom is 0.315 e. The molecule has 1 saturated carbocycles. The van der Waals surface area contributed by atoms with Gasteiger partial charge in [-0.25, -0.2) is 0 Å². The number of pyridine rings is 1. The molecule has 1 N–H and O–H groups in total. The van der Waals surface area contributed by atoms with E-state index >= 15 is 0 Å². The molecule has 98 valence electrons. The van der Waals surface area contributed by atoms with Crippen LogP contribution in [0.3, 0.4) is 0 Å². The van der Waals surface area contributed by atoms with E-state index in [4.69, 9.17) is 4.74 Å². The zero-order chi connectivity index (χ0) is 13.3. The van der Waals surface area contributed by atoms with E-state index in [2.05, 4.69) is 4.98 Å². The lowest BCUT2D eigenvalue weighted by Gasteiger charge is -2.18. The van der Waals surface area contributed by atoms with Gasteiger partial charge < -0.3 is 9.84 Å². The highest BCUT2D eigenvalue weighted by Gasteiger charge is 2.55. The van der Waals surface area contributed by atoms with Crippen LogP contribution in [0.4, 0.5) is 0 Å². The van der Waals surface area contributed by atoms with E-state index in [0.29, 0.717) is 24.3 Å². The minimum absolute atomic E-state index is 0.0163. The number of aliphatic carboxylic acids is 1. The Hall–Kier alpha value is -1.58. The van der Waals surface area contributed by atoms with Crippen molar-refractivity contribution in [3.8, 4) is 5.75 Å². The van der Waals surface area contributed by atoms with Crippen LogP contribution in [0.2, 0.25) is 0 Å². The molecular weight excluding hydrogens is 230 g/mol. The first-order valence-corrected chi connectivity index (χ1v) is 6.40. The van der Waals surface area contributed by atoms with Crippen molar-refractivity contribution in [1.82, 2.24) is 4.98 Å². The summed E-state index contributed by atoms with van der Waals surface area (Å²) >= 11 is 0. The molecule has 18 heavy (non-hydrogen) atoms. The molecule has 1 aliphatic carbocycles. The van der Waals surface area contributed by atoms with E-state index in [0.717, 1.165) is 12.1 Å². The smallest absolute Gasteiger partial charge is 0.315 e. The molecule has 0 saturated heterocycles. The summed E-state index contributed by atoms with van der Waals surface area (Å²) in [4.78, 5) is 15.9. The Bertz CT molecular complexity index is 464. The van der Waals surface area contributed by atoms with Crippen LogP contribution in [0.5, 0.6) is 5.75 Å². The standard InChI is InChI=1S/C14H19NO3/c1-4-10-5-6-11(18-9(2)3)12(15-10)14(7-8-14)13(16)17/h5-6,9H,4,7-8H2,1-3H3,(H,16,17). The molecule has 0 aromatic carbocycles. The number of hydrogen-bond donors (Lipinski definition) is 1. The van der Waals surface area contributed by atoms with Crippen LogP contribution in [0.1, 0.15) is 45.0 Å². The van der Waals surface area contributed by atoms with Crippen molar-refractivity contribution in [1.29, 1.82) is 0 Å². The summed E-state index contributed by atoms with van der Waals surface area (Å²) in [5.74, 6) is -0.182. The minimum atomic E-state index is -0.810. The van der Waals surface area contributed by atoms with Gasteiger partial charge in [-0.15, -0.1) is 0 Å². The Balaban J connectivity index is 2.45. The summed E-state index contributed by atoms with van der Waals surface area (Å²) in [5.41, 5.74) is 0.701. The number of hydrogen-bond acceptors (Lipinski definition) is 3. The van der Waals surface area contributed by atoms with Gasteiger partial charge in [-0.05, 0) is 45.2 Å². The number of carboxylic acid groups (broad SMARTS) is 1. The molecule has 2 rings (SSSR count). The average Bonchev–Trinajstić information content (AvgIpc) is 3.10. The van der Waals surface area contributed by atoms with E-state index < -0.39 is 11.4 Å². The lowest BCUT2D eigenvalue weighted by molar-refractivity contribution is -0.140. The fourth-order valence-corrected chi connectivity index (χ4v) is 2.05. The number of carboxylic acids is 1. The zero-order valence-corrected chi connectivity index (χ0v) is 11.1. The second kappa shape index (κ2) is 4.59. The number of nitrogens with zero attached hydrogens (tertiary/aromatic N) is 1. The van der Waals surface area contributed by atoms with Crippen LogP contribution in [-0.2, 0) is 16.6 Å². The number of aromatic nitrogens is 1. The first-order valence-electron chi connectivity index (χ1n) is 6.40. The van der Waals surface area contributed by atoms with Crippen molar-refractivity contribution in [2.24, 2.45) is 0 Å². The molecule has 0 aliphatic heterocycles. The molecule has 1 fully saturated rings. The van der Waals surface area contributed by atoms with Gasteiger partial charge in [-0.3, -0.25) is 9.78 Å². The highest BCUT2D eigenvalue weighted by molar-refractivity contribution is 5.85. The van der Waals surface area contributed by atoms with Crippen molar-refractivity contribution >= 4 is 5.97 Å². The quantitative estimate of drug-likeness (QED) is 0.871. The van der Waals surface area contributed by atoms with E-state index in [9.17, 15) is 9.90 Å². The van der Waals surface area contributed by atoms with E-state index in [-0.39, 0.29) is 6.10 Å². The van der Waals surface area contributed by atoms with E-state index in [1.165, 1.54) is 0 Å². The lowest BCUT2D eigenvalue weighted by atomic mass is 10.0. The van der Waals surface area contributed by atoms with Gasteiger partial charge in [0.1, 0.15) is 11.2 Å². The van der Waals surface area contributed by atoms with Crippen LogP contribution in [0, 0.1) is 0 Å². The van der Waals surface area contributed by atoms with Crippen molar-refractivity contribution in [3.63, 3.8) is 0 Å². The second-order valence-electron chi connectivity index (χ2n) is 5.06. The van der Waals surface area contributed by atoms with Gasteiger partial charge in [0.05, 0.1) is 11.8 Å². The molecule has 1 aliphatic rings. The van der Waals surface area contributed by atoms with Crippen molar-refractivity contribution in [3.05, 3.63) is 23.5 Å². The molecule has 0 amide bonds. The van der Waals surface area contributed by atoms with Crippen LogP contribution >= 0.6 is 0 Å². The monoisotopic (exact) mass is 249 g/mol. The Morgan fingerprint density at radius 1 is 1.50 bits per heavy atom. The maximum absolute atomic E-state index is 11.4. The zero-order valence-electron chi connectivity index (χ0n) is 11.1. The Kier molecular flexibility index (Phi) is 3.28. The molecule has 1 aromatic heterocycles. The first kappa shape index (κ1) is 12.9. The van der Waals surface area contributed by atoms with Gasteiger partial charge in [-0.1, -0.05) is 6.92 Å². The highest BCUT2D eigenvalue weighted by atomic mass is 16.5. The molecule has 0 bridgehead atoms. The number of carbonyl (C=O) groups is 1. The Morgan fingerprint density at radius 2 is 2.17 bits per heavy atom. The largest absolute Gasteiger partial charge is 0.489 e. The Labute approximate surface area is 107 Å². The third-order valence-electron chi connectivity index (χ3n) is 3.25. The lowest BCUT2D eigenvalue weighted by Crippen LogP contribution is -2.23. The maximum atomic E-state index is 11.4. The fraction of sp³-hybridized carbons (Fsp3) is 0.571. The predicted octanol–water partition coefficient (Wildman–Crippen LogP) is 2.55. The molecule has 0 radical (unpaired) electrons. The van der Waals surface area contributed by atoms with Gasteiger partial charge in [0, 0.05) is 5.69 Å². The summed E-state index contributed by atoms with van der Waals surface area (Å²) in [6, 6.07) is 3.75. The average molecular weight is 249 g/mol. The number of rotatable bonds is 5. The van der Waals surface area contributed by atoms with Gasteiger partial charge in [0.15, 0.2) is 0 Å². The topological polar surface area (TPSA) is 59.4 Å². The number of ether oxygens (including phenoxy) is 1. The third kappa shape index (κ3) is 2.19. The minimum Gasteiger partial charge on any atom is -0.489 e. The van der Waals surface area contributed by atoms with Crippen molar-refractivity contribution in [2.45, 2.75) is 51.6 Å². The van der Waals surface area contributed by atoms with Gasteiger partial charge in [0.25, 0.3) is 0 Å². The summed E-state index contributed by atoms with van der Waals surface area (Å²) in [6.45, 7) is 5.87. The number of aryl methyl sites for hydroxylation is 1. The predicted molar refractivity (Wildman–Crippen MR) is 67.9 cm³/mol. The molecule has 0 atom stereocenters. The van der Waals surface area contributed by atoms with E-state index in [1.54, 1.807) is 0 Å². The van der Waals surface area contributed by atoms with Gasteiger partial charge in [-0.2, -0.15) is 0 Å². The Morgan fingerprint density at radius 3 is 2.61 bits per heavy atom. The molecule has 0 spiro atoms. The summed E-state index contributed by atoms with van der Waals surface area (Å²) < 4.78 is 5.70. The molecule has 0 unspecified atom stereocenters. The third-order valence-corrected chi connectivity index (χ3v) is 3.25. The SMILES string of the molecule is CCc1ccc(OC(C)C)c(C2(C(=O)O)CC2)n1. The van der Waals surface area contributed by atoms with Gasteiger partial charge in [0.2, 0.25) is 0 Å². The molecule has 4 heteroatoms. The normalized spacial score (nSPS) is 16.7. The van der Waals surface area contributed by atoms with Crippen molar-refractivity contribution in [2.75, 3.05) is 0 Å². The molecule has 4 nitrogen and oxygen atoms in total. The first-order chi connectivity index (χ1) is 8.49. The van der Waals surface area contributed by atoms with Crippen LogP contribution in [0.25, 0.3) is 0 Å². The van der Waals surface area contributed by atoms with Crippen molar-refractivity contribution < 1.29 is 14.6 Å². The summed E-state index contributed by atoms with van der Waals surface area (Å²) in [5, 5.41) is 9.38. The fourth-order valence-electron chi connectivity index (χ4n) is 2.05. The molecular formula is C14H19NO3. The molecule has 1 heterocycles. The second-order valence-corrected chi connectivity index (χ2v) is 5.06. The van der Waals surface area contributed by atoms with Gasteiger partial charge >= 0.3 is 5.97 Å². The van der Waals surface area contributed by atoms with Crippen LogP contribution in [-0.4, -0.2) is 22.2 Å². The summed E-state index contributed by atoms with van der Waals surface area (Å²) in [6.07, 6.45) is 2.11. The van der Waals surface area contributed by atoms with E-state index in [1.807, 2.05) is 32.9 Å². The van der Waals surface area contributed by atoms with Crippen LogP contribution < -0.4 is 4.74 Å². The molecule has 1 aromatic rings. The van der Waals surface area contributed by atoms with Crippen LogP contribution in [0.15, 0.2) is 12.1 Å². The summed E-state index contributed by atoms with van der Waals surface area (Å²) in [7, 11) is 0.